The minimum Gasteiger partial charge on any atom is -0.349 e. The maximum Gasteiger partial charge on any atom is 0.105 e. The van der Waals surface area contributed by atoms with Crippen LogP contribution in [0.25, 0.3) is 0 Å². The second-order valence-corrected chi connectivity index (χ2v) is 6.47. The van der Waals surface area contributed by atoms with Gasteiger partial charge in [-0.1, -0.05) is 52.4 Å². The maximum atomic E-state index is 4.21. The Labute approximate surface area is 163 Å². The monoisotopic (exact) mass is 372 g/mol. The molecule has 0 spiro atoms. The van der Waals surface area contributed by atoms with Crippen LogP contribution in [0.5, 0.6) is 0 Å². The average molecular weight is 373 g/mol. The summed E-state index contributed by atoms with van der Waals surface area (Å²) in [4.78, 5) is 21.1. The van der Waals surface area contributed by atoms with Gasteiger partial charge in [0, 0.05) is 50.0 Å². The van der Waals surface area contributed by atoms with E-state index >= 15 is 0 Å². The minimum atomic E-state index is 0.968. The van der Waals surface area contributed by atoms with Crippen molar-refractivity contribution in [2.45, 2.75) is 78.6 Å². The number of nitrogens with one attached hydrogen (secondary N) is 3. The van der Waals surface area contributed by atoms with Crippen LogP contribution in [0.2, 0.25) is 0 Å². The van der Waals surface area contributed by atoms with E-state index in [1.54, 1.807) is 18.6 Å². The van der Waals surface area contributed by atoms with E-state index in [-0.39, 0.29) is 0 Å². The van der Waals surface area contributed by atoms with Crippen LogP contribution in [0.1, 0.15) is 76.3 Å². The summed E-state index contributed by atoms with van der Waals surface area (Å²) in [5, 5.41) is 0. The number of aromatic amines is 3. The van der Waals surface area contributed by atoms with Crippen LogP contribution in [-0.2, 0) is 12.8 Å². The molecule has 0 saturated heterocycles. The third-order valence-electron chi connectivity index (χ3n) is 4.10. The summed E-state index contributed by atoms with van der Waals surface area (Å²) < 4.78 is 0. The van der Waals surface area contributed by atoms with Crippen molar-refractivity contribution in [1.29, 1.82) is 0 Å². The fourth-order valence-electron chi connectivity index (χ4n) is 2.52. The van der Waals surface area contributed by atoms with Crippen LogP contribution in [0.4, 0.5) is 0 Å². The molecule has 3 N–H and O–H groups in total. The number of aryl methyl sites for hydroxylation is 3. The lowest BCUT2D eigenvalue weighted by Gasteiger charge is -1.99. The van der Waals surface area contributed by atoms with Gasteiger partial charge in [-0.3, -0.25) is 0 Å². The van der Waals surface area contributed by atoms with Gasteiger partial charge in [0.2, 0.25) is 0 Å². The van der Waals surface area contributed by atoms with Gasteiger partial charge in [0.15, 0.2) is 0 Å². The molecule has 0 bridgehead atoms. The first-order valence-corrected chi connectivity index (χ1v) is 10.2. The van der Waals surface area contributed by atoms with Crippen LogP contribution in [0.3, 0.4) is 0 Å². The van der Waals surface area contributed by atoms with Gasteiger partial charge in [0.1, 0.15) is 17.5 Å². The van der Waals surface area contributed by atoms with Gasteiger partial charge in [0.05, 0.1) is 0 Å². The molecular weight excluding hydrogens is 336 g/mol. The maximum absolute atomic E-state index is 4.21. The molecule has 0 unspecified atom stereocenters. The third kappa shape index (κ3) is 12.6. The van der Waals surface area contributed by atoms with Crippen LogP contribution in [0, 0.1) is 6.92 Å². The number of aromatic nitrogens is 6. The summed E-state index contributed by atoms with van der Waals surface area (Å²) in [6, 6.07) is 0. The first-order valence-electron chi connectivity index (χ1n) is 10.2. The second kappa shape index (κ2) is 15.9. The number of imidazole rings is 3. The Kier molecular flexibility index (Phi) is 13.3. The second-order valence-electron chi connectivity index (χ2n) is 6.47. The number of H-pyrrole nitrogens is 3. The molecule has 0 amide bonds. The fraction of sp³-hybridized carbons (Fsp3) is 0.571. The Hall–Kier alpha value is -2.37. The van der Waals surface area contributed by atoms with Gasteiger partial charge >= 0.3 is 0 Å². The SMILES string of the molecule is CCCCCCCCCc1ncc[nH]1.CCc1ncc[nH]1.Cc1ncc[nH]1. The standard InChI is InChI=1S/C12H22N2.C5H8N2.C4H6N2/c1-2-3-4-5-6-7-8-9-12-13-10-11-14-12;1-2-5-6-3-4-7-5;1-4-5-2-3-6-4/h10-11H,2-9H2,1H3,(H,13,14);3-4H,2H2,1H3,(H,6,7);2-3H,1H3,(H,5,6). The average Bonchev–Trinajstić information content (AvgIpc) is 3.45. The van der Waals surface area contributed by atoms with Crippen molar-refractivity contribution in [3.8, 4) is 0 Å². The molecule has 0 atom stereocenters. The molecule has 0 aliphatic heterocycles. The van der Waals surface area contributed by atoms with Gasteiger partial charge < -0.3 is 15.0 Å². The van der Waals surface area contributed by atoms with Gasteiger partial charge in [-0.15, -0.1) is 0 Å². The quantitative estimate of drug-likeness (QED) is 0.440. The van der Waals surface area contributed by atoms with Crippen molar-refractivity contribution < 1.29 is 0 Å². The predicted molar refractivity (Wildman–Crippen MR) is 112 cm³/mol. The van der Waals surface area contributed by atoms with E-state index in [1.165, 1.54) is 44.9 Å². The third-order valence-corrected chi connectivity index (χ3v) is 4.10. The Morgan fingerprint density at radius 1 is 0.667 bits per heavy atom. The van der Waals surface area contributed by atoms with Crippen LogP contribution >= 0.6 is 0 Å². The van der Waals surface area contributed by atoms with E-state index in [9.17, 15) is 0 Å². The van der Waals surface area contributed by atoms with E-state index in [0.717, 1.165) is 30.3 Å². The summed E-state index contributed by atoms with van der Waals surface area (Å²) in [6.45, 7) is 6.25. The molecule has 0 aliphatic carbocycles. The van der Waals surface area contributed by atoms with Crippen molar-refractivity contribution in [3.63, 3.8) is 0 Å². The molecule has 27 heavy (non-hydrogen) atoms. The number of hydrogen-bond acceptors (Lipinski definition) is 3. The van der Waals surface area contributed by atoms with Gasteiger partial charge in [0.25, 0.3) is 0 Å². The summed E-state index contributed by atoms with van der Waals surface area (Å²) in [6.07, 6.45) is 22.5. The largest absolute Gasteiger partial charge is 0.349 e. The highest BCUT2D eigenvalue weighted by Gasteiger charge is 1.94. The molecule has 0 fully saturated rings. The van der Waals surface area contributed by atoms with E-state index in [4.69, 9.17) is 0 Å². The zero-order valence-electron chi connectivity index (χ0n) is 17.2. The fourth-order valence-corrected chi connectivity index (χ4v) is 2.52. The predicted octanol–water partition coefficient (Wildman–Crippen LogP) is 5.39. The summed E-state index contributed by atoms with van der Waals surface area (Å²) in [7, 11) is 0. The highest BCUT2D eigenvalue weighted by Crippen LogP contribution is 2.08. The zero-order chi connectivity index (χ0) is 19.6. The highest BCUT2D eigenvalue weighted by molar-refractivity contribution is 4.86. The topological polar surface area (TPSA) is 86.0 Å². The Morgan fingerprint density at radius 3 is 1.63 bits per heavy atom. The minimum absolute atomic E-state index is 0.968. The molecule has 6 heteroatoms. The lowest BCUT2D eigenvalue weighted by Crippen LogP contribution is -1.88. The molecule has 6 nitrogen and oxygen atoms in total. The van der Waals surface area contributed by atoms with Gasteiger partial charge in [-0.25, -0.2) is 15.0 Å². The number of hydrogen-bond donors (Lipinski definition) is 3. The van der Waals surface area contributed by atoms with Gasteiger partial charge in [-0.2, -0.15) is 0 Å². The first kappa shape index (κ1) is 22.7. The molecular formula is C21H36N6. The summed E-state index contributed by atoms with van der Waals surface area (Å²) in [5.41, 5.74) is 0. The normalized spacial score (nSPS) is 9.89. The van der Waals surface area contributed by atoms with Crippen LogP contribution < -0.4 is 0 Å². The molecule has 3 aromatic rings. The molecule has 0 saturated carbocycles. The molecule has 0 aromatic carbocycles. The molecule has 0 aliphatic rings. The Balaban J connectivity index is 0.000000231. The molecule has 3 rings (SSSR count). The lowest BCUT2D eigenvalue weighted by molar-refractivity contribution is 0.585. The van der Waals surface area contributed by atoms with E-state index in [1.807, 2.05) is 25.5 Å². The van der Waals surface area contributed by atoms with Crippen LogP contribution in [-0.4, -0.2) is 29.9 Å². The van der Waals surface area contributed by atoms with Crippen molar-refractivity contribution in [2.75, 3.05) is 0 Å². The van der Waals surface area contributed by atoms with E-state index < -0.39 is 0 Å². The number of unbranched alkanes of at least 4 members (excludes halogenated alkanes) is 6. The van der Waals surface area contributed by atoms with Crippen molar-refractivity contribution in [2.24, 2.45) is 0 Å². The van der Waals surface area contributed by atoms with Crippen LogP contribution in [0.15, 0.2) is 37.2 Å². The number of nitrogens with zero attached hydrogens (tertiary/aromatic N) is 3. The van der Waals surface area contributed by atoms with Gasteiger partial charge in [-0.05, 0) is 13.3 Å². The molecule has 150 valence electrons. The Morgan fingerprint density at radius 2 is 1.22 bits per heavy atom. The van der Waals surface area contributed by atoms with Crippen molar-refractivity contribution in [1.82, 2.24) is 29.9 Å². The van der Waals surface area contributed by atoms with Crippen molar-refractivity contribution >= 4 is 0 Å². The molecule has 3 heterocycles. The summed E-state index contributed by atoms with van der Waals surface area (Å²) in [5.74, 6) is 3.16. The Bertz CT molecular complexity index is 614. The van der Waals surface area contributed by atoms with E-state index in [2.05, 4.69) is 43.8 Å². The first-order chi connectivity index (χ1) is 13.3. The smallest absolute Gasteiger partial charge is 0.105 e. The molecule has 3 aromatic heterocycles. The van der Waals surface area contributed by atoms with Crippen molar-refractivity contribution in [3.05, 3.63) is 54.7 Å². The zero-order valence-corrected chi connectivity index (χ0v) is 17.2. The summed E-state index contributed by atoms with van der Waals surface area (Å²) >= 11 is 0. The molecule has 0 radical (unpaired) electrons. The number of rotatable bonds is 9. The van der Waals surface area contributed by atoms with E-state index in [0.29, 0.717) is 0 Å². The lowest BCUT2D eigenvalue weighted by atomic mass is 10.1. The highest BCUT2D eigenvalue weighted by atomic mass is 14.9.